The molecule has 4 rings (SSSR count). The molecular weight excluding hydrogens is 412 g/mol. The third-order valence-corrected chi connectivity index (χ3v) is 7.44. The van der Waals surface area contributed by atoms with Gasteiger partial charge in [-0.05, 0) is 70.8 Å². The van der Waals surface area contributed by atoms with Crippen molar-refractivity contribution in [3.63, 3.8) is 0 Å². The van der Waals surface area contributed by atoms with Crippen LogP contribution in [-0.2, 0) is 5.41 Å². The van der Waals surface area contributed by atoms with E-state index in [1.54, 1.807) is 4.90 Å². The molecule has 7 nitrogen and oxygen atoms in total. The van der Waals surface area contributed by atoms with Gasteiger partial charge in [-0.3, -0.25) is 9.88 Å². The van der Waals surface area contributed by atoms with Crippen molar-refractivity contribution in [2.75, 3.05) is 63.7 Å². The largest absolute Gasteiger partial charge is 0.358 e. The zero-order chi connectivity index (χ0) is 23.6. The van der Waals surface area contributed by atoms with Crippen LogP contribution in [0.5, 0.6) is 0 Å². The van der Waals surface area contributed by atoms with Crippen molar-refractivity contribution < 1.29 is 4.79 Å². The highest BCUT2D eigenvalue weighted by molar-refractivity contribution is 5.95. The minimum absolute atomic E-state index is 0.0827. The SMILES string of the molecule is Cc1ncc(N(C)CCCCN2CCC3(CC2)CN(C(=O)N(C)C)c2ccccc23)nc1C. The fraction of sp³-hybridized carbons (Fsp3) is 0.577. The molecule has 178 valence electrons. The van der Waals surface area contributed by atoms with Crippen LogP contribution in [0, 0.1) is 13.8 Å². The summed E-state index contributed by atoms with van der Waals surface area (Å²) in [6.07, 6.45) is 6.41. The highest BCUT2D eigenvalue weighted by Crippen LogP contribution is 2.47. The lowest BCUT2D eigenvalue weighted by Gasteiger charge is -2.40. The Bertz CT molecular complexity index is 982. The van der Waals surface area contributed by atoms with E-state index in [1.807, 2.05) is 45.1 Å². The Hall–Kier alpha value is -2.67. The molecule has 2 aromatic rings. The van der Waals surface area contributed by atoms with Crippen LogP contribution in [0.3, 0.4) is 0 Å². The van der Waals surface area contributed by atoms with Gasteiger partial charge in [0.15, 0.2) is 0 Å². The molecule has 1 fully saturated rings. The van der Waals surface area contributed by atoms with Gasteiger partial charge in [-0.1, -0.05) is 18.2 Å². The number of carbonyl (C=O) groups excluding carboxylic acids is 1. The average molecular weight is 451 g/mol. The molecule has 33 heavy (non-hydrogen) atoms. The standard InChI is InChI=1S/C26H38N6O/c1-20-21(2)28-24(18-27-20)30(5)14-8-9-15-31-16-12-26(13-17-31)19-32(25(33)29(3)4)23-11-7-6-10-22(23)26/h6-7,10-11,18H,8-9,12-17,19H2,1-5H3. The first kappa shape index (κ1) is 23.5. The first-order valence-electron chi connectivity index (χ1n) is 12.1. The number of piperidine rings is 1. The van der Waals surface area contributed by atoms with E-state index in [9.17, 15) is 4.79 Å². The van der Waals surface area contributed by atoms with Crippen molar-refractivity contribution in [1.82, 2.24) is 19.8 Å². The second-order valence-corrected chi connectivity index (χ2v) is 9.93. The van der Waals surface area contributed by atoms with Crippen molar-refractivity contribution in [2.45, 2.75) is 44.9 Å². The number of hydrogen-bond donors (Lipinski definition) is 0. The summed E-state index contributed by atoms with van der Waals surface area (Å²) in [4.78, 5) is 30.4. The maximum Gasteiger partial charge on any atom is 0.323 e. The highest BCUT2D eigenvalue weighted by Gasteiger charge is 2.46. The molecule has 7 heteroatoms. The molecule has 0 unspecified atom stereocenters. The number of urea groups is 1. The van der Waals surface area contributed by atoms with E-state index in [1.165, 1.54) is 12.0 Å². The second-order valence-electron chi connectivity index (χ2n) is 9.93. The Balaban J connectivity index is 1.28. The summed E-state index contributed by atoms with van der Waals surface area (Å²) in [5.74, 6) is 0.953. The number of amides is 2. The first-order valence-corrected chi connectivity index (χ1v) is 12.1. The molecule has 0 atom stereocenters. The second kappa shape index (κ2) is 9.67. The maximum absolute atomic E-state index is 12.8. The Labute approximate surface area is 198 Å². The number of carbonyl (C=O) groups is 1. The lowest BCUT2D eigenvalue weighted by molar-refractivity contribution is 0.163. The number of likely N-dealkylation sites (tertiary alicyclic amines) is 1. The van der Waals surface area contributed by atoms with Crippen LogP contribution in [0.4, 0.5) is 16.3 Å². The molecule has 0 N–H and O–H groups in total. The number of fused-ring (bicyclic) bond motifs is 2. The predicted molar refractivity (Wildman–Crippen MR) is 134 cm³/mol. The number of para-hydroxylation sites is 1. The summed E-state index contributed by atoms with van der Waals surface area (Å²) >= 11 is 0. The molecular formula is C26H38N6O. The van der Waals surface area contributed by atoms with E-state index < -0.39 is 0 Å². The molecule has 1 saturated heterocycles. The molecule has 0 saturated carbocycles. The summed E-state index contributed by atoms with van der Waals surface area (Å²) < 4.78 is 0. The van der Waals surface area contributed by atoms with Crippen LogP contribution in [0.15, 0.2) is 30.5 Å². The van der Waals surface area contributed by atoms with E-state index in [-0.39, 0.29) is 11.4 Å². The van der Waals surface area contributed by atoms with E-state index in [0.29, 0.717) is 0 Å². The minimum Gasteiger partial charge on any atom is -0.358 e. The molecule has 1 aromatic carbocycles. The molecule has 2 amide bonds. The number of rotatable bonds is 6. The summed E-state index contributed by atoms with van der Waals surface area (Å²) in [7, 11) is 5.77. The number of hydrogen-bond acceptors (Lipinski definition) is 5. The van der Waals surface area contributed by atoms with Crippen LogP contribution in [0.25, 0.3) is 0 Å². The van der Waals surface area contributed by atoms with Gasteiger partial charge in [0, 0.05) is 45.3 Å². The number of benzene rings is 1. The van der Waals surface area contributed by atoms with Gasteiger partial charge < -0.3 is 14.7 Å². The summed E-state index contributed by atoms with van der Waals surface area (Å²) in [5, 5.41) is 0. The fourth-order valence-electron chi connectivity index (χ4n) is 5.19. The monoisotopic (exact) mass is 450 g/mol. The molecule has 3 heterocycles. The van der Waals surface area contributed by atoms with Gasteiger partial charge in [0.25, 0.3) is 0 Å². The average Bonchev–Trinajstić information content (AvgIpc) is 3.13. The predicted octanol–water partition coefficient (Wildman–Crippen LogP) is 3.85. The molecule has 2 aliphatic heterocycles. The summed E-state index contributed by atoms with van der Waals surface area (Å²) in [6.45, 7) is 9.12. The highest BCUT2D eigenvalue weighted by atomic mass is 16.2. The van der Waals surface area contributed by atoms with Gasteiger partial charge in [-0.25, -0.2) is 9.78 Å². The van der Waals surface area contributed by atoms with Crippen molar-refractivity contribution in [3.8, 4) is 0 Å². The quantitative estimate of drug-likeness (QED) is 0.626. The zero-order valence-electron chi connectivity index (χ0n) is 20.8. The topological polar surface area (TPSA) is 55.8 Å². The lowest BCUT2D eigenvalue weighted by Crippen LogP contribution is -2.47. The van der Waals surface area contributed by atoms with E-state index in [0.717, 1.165) is 74.9 Å². The van der Waals surface area contributed by atoms with Gasteiger partial charge in [-0.15, -0.1) is 0 Å². The van der Waals surface area contributed by atoms with Gasteiger partial charge in [-0.2, -0.15) is 0 Å². The van der Waals surface area contributed by atoms with Crippen LogP contribution < -0.4 is 9.80 Å². The Morgan fingerprint density at radius 3 is 2.48 bits per heavy atom. The minimum atomic E-state index is 0.0827. The normalized spacial score (nSPS) is 17.3. The van der Waals surface area contributed by atoms with Crippen LogP contribution in [0.2, 0.25) is 0 Å². The lowest BCUT2D eigenvalue weighted by atomic mass is 9.74. The van der Waals surface area contributed by atoms with Crippen molar-refractivity contribution in [1.29, 1.82) is 0 Å². The zero-order valence-corrected chi connectivity index (χ0v) is 20.8. The number of anilines is 2. The van der Waals surface area contributed by atoms with Crippen LogP contribution >= 0.6 is 0 Å². The molecule has 0 aliphatic carbocycles. The Morgan fingerprint density at radius 2 is 1.79 bits per heavy atom. The van der Waals surface area contributed by atoms with Crippen molar-refractivity contribution in [3.05, 3.63) is 47.4 Å². The van der Waals surface area contributed by atoms with Crippen molar-refractivity contribution in [2.24, 2.45) is 0 Å². The van der Waals surface area contributed by atoms with E-state index in [2.05, 4.69) is 45.0 Å². The number of aromatic nitrogens is 2. The first-order chi connectivity index (χ1) is 15.8. The fourth-order valence-corrected chi connectivity index (χ4v) is 5.19. The third-order valence-electron chi connectivity index (χ3n) is 7.44. The molecule has 0 bridgehead atoms. The van der Waals surface area contributed by atoms with Crippen LogP contribution in [-0.4, -0.2) is 79.7 Å². The van der Waals surface area contributed by atoms with Crippen LogP contribution in [0.1, 0.15) is 42.6 Å². The van der Waals surface area contributed by atoms with Gasteiger partial charge in [0.2, 0.25) is 0 Å². The van der Waals surface area contributed by atoms with Gasteiger partial charge >= 0.3 is 6.03 Å². The van der Waals surface area contributed by atoms with Gasteiger partial charge in [0.05, 0.1) is 17.6 Å². The molecule has 0 radical (unpaired) electrons. The van der Waals surface area contributed by atoms with Gasteiger partial charge in [0.1, 0.15) is 5.82 Å². The summed E-state index contributed by atoms with van der Waals surface area (Å²) in [6, 6.07) is 8.59. The number of nitrogens with zero attached hydrogens (tertiary/aromatic N) is 6. The molecule has 2 aliphatic rings. The van der Waals surface area contributed by atoms with E-state index >= 15 is 0 Å². The smallest absolute Gasteiger partial charge is 0.323 e. The molecule has 1 spiro atoms. The number of aryl methyl sites for hydroxylation is 2. The third kappa shape index (κ3) is 4.83. The summed E-state index contributed by atoms with van der Waals surface area (Å²) in [5.41, 5.74) is 4.55. The van der Waals surface area contributed by atoms with Crippen molar-refractivity contribution >= 4 is 17.5 Å². The Kier molecular flexibility index (Phi) is 6.88. The Morgan fingerprint density at radius 1 is 1.06 bits per heavy atom. The maximum atomic E-state index is 12.8. The molecule has 1 aromatic heterocycles. The van der Waals surface area contributed by atoms with E-state index in [4.69, 9.17) is 0 Å². The number of unbranched alkanes of at least 4 members (excludes halogenated alkanes) is 1.